The molecular weight excluding hydrogens is 373 g/mol. The Morgan fingerprint density at radius 1 is 1.00 bits per heavy atom. The predicted octanol–water partition coefficient (Wildman–Crippen LogP) is 4.98. The molecule has 0 aliphatic rings. The maximum atomic E-state index is 13.1. The average molecular weight is 386 g/mol. The number of nitrogens with zero attached hydrogens (tertiary/aromatic N) is 1. The van der Waals surface area contributed by atoms with Crippen LogP contribution in [0.1, 0.15) is 10.4 Å². The zero-order valence-corrected chi connectivity index (χ0v) is 14.0. The van der Waals surface area contributed by atoms with E-state index >= 15 is 0 Å². The van der Waals surface area contributed by atoms with Gasteiger partial charge in [-0.1, -0.05) is 28.1 Å². The molecule has 0 fully saturated rings. The Bertz CT molecular complexity index is 868. The summed E-state index contributed by atoms with van der Waals surface area (Å²) in [6, 6.07) is 16.8. The van der Waals surface area contributed by atoms with Gasteiger partial charge in [0.1, 0.15) is 11.6 Å². The first-order valence-electron chi connectivity index (χ1n) is 7.16. The summed E-state index contributed by atoms with van der Waals surface area (Å²) in [7, 11) is 0. The van der Waals surface area contributed by atoms with Crippen molar-refractivity contribution in [3.63, 3.8) is 0 Å². The van der Waals surface area contributed by atoms with Gasteiger partial charge >= 0.3 is 0 Å². The molecule has 2 N–H and O–H groups in total. The first-order valence-corrected chi connectivity index (χ1v) is 7.95. The maximum Gasteiger partial charge on any atom is 0.257 e. The van der Waals surface area contributed by atoms with Crippen molar-refractivity contribution in [3.05, 3.63) is 82.7 Å². The molecular formula is C18H13BrFN3O. The summed E-state index contributed by atoms with van der Waals surface area (Å²) in [6.07, 6.45) is 1.47. The standard InChI is InChI=1S/C18H13BrFN3O/c19-13-3-1-5-15(9-13)22-17-8-7-12(11-21-17)18(24)23-16-6-2-4-14(20)10-16/h1-11H,(H,21,22)(H,23,24). The number of carbonyl (C=O) groups is 1. The molecule has 0 saturated heterocycles. The monoisotopic (exact) mass is 385 g/mol. The van der Waals surface area contributed by atoms with Crippen LogP contribution in [0.3, 0.4) is 0 Å². The van der Waals surface area contributed by atoms with Crippen LogP contribution in [0.2, 0.25) is 0 Å². The van der Waals surface area contributed by atoms with Crippen molar-refractivity contribution < 1.29 is 9.18 Å². The minimum Gasteiger partial charge on any atom is -0.340 e. The first kappa shape index (κ1) is 16.1. The summed E-state index contributed by atoms with van der Waals surface area (Å²) >= 11 is 3.40. The lowest BCUT2D eigenvalue weighted by atomic mass is 10.2. The Morgan fingerprint density at radius 2 is 1.79 bits per heavy atom. The second kappa shape index (κ2) is 7.23. The van der Waals surface area contributed by atoms with Gasteiger partial charge in [0.2, 0.25) is 0 Å². The lowest BCUT2D eigenvalue weighted by molar-refractivity contribution is 0.102. The normalized spacial score (nSPS) is 10.2. The first-order chi connectivity index (χ1) is 11.6. The number of carbonyl (C=O) groups excluding carboxylic acids is 1. The van der Waals surface area contributed by atoms with Gasteiger partial charge in [-0.05, 0) is 48.5 Å². The van der Waals surface area contributed by atoms with Gasteiger partial charge in [0, 0.05) is 22.0 Å². The van der Waals surface area contributed by atoms with E-state index in [1.807, 2.05) is 24.3 Å². The Labute approximate surface area is 146 Å². The van der Waals surface area contributed by atoms with Gasteiger partial charge in [0.05, 0.1) is 5.56 Å². The molecule has 6 heteroatoms. The number of halogens is 2. The fourth-order valence-corrected chi connectivity index (χ4v) is 2.48. The Hall–Kier alpha value is -2.73. The molecule has 0 aliphatic carbocycles. The molecule has 4 nitrogen and oxygen atoms in total. The van der Waals surface area contributed by atoms with Gasteiger partial charge in [-0.25, -0.2) is 9.37 Å². The fourth-order valence-electron chi connectivity index (χ4n) is 2.09. The highest BCUT2D eigenvalue weighted by molar-refractivity contribution is 9.10. The van der Waals surface area contributed by atoms with Crippen LogP contribution in [-0.2, 0) is 0 Å². The van der Waals surface area contributed by atoms with Crippen LogP contribution < -0.4 is 10.6 Å². The zero-order chi connectivity index (χ0) is 16.9. The molecule has 0 atom stereocenters. The van der Waals surface area contributed by atoms with Crippen LogP contribution in [0.25, 0.3) is 0 Å². The SMILES string of the molecule is O=C(Nc1cccc(F)c1)c1ccc(Nc2cccc(Br)c2)nc1. The number of benzene rings is 2. The van der Waals surface area contributed by atoms with Crippen molar-refractivity contribution in [3.8, 4) is 0 Å². The number of hydrogen-bond acceptors (Lipinski definition) is 3. The Balaban J connectivity index is 1.68. The quantitative estimate of drug-likeness (QED) is 0.665. The molecule has 2 aromatic carbocycles. The molecule has 1 amide bonds. The van der Waals surface area contributed by atoms with Crippen molar-refractivity contribution >= 4 is 39.0 Å². The molecule has 0 spiro atoms. The van der Waals surface area contributed by atoms with Gasteiger partial charge in [-0.3, -0.25) is 4.79 Å². The smallest absolute Gasteiger partial charge is 0.257 e. The van der Waals surface area contributed by atoms with Gasteiger partial charge in [0.15, 0.2) is 0 Å². The summed E-state index contributed by atoms with van der Waals surface area (Å²) < 4.78 is 14.1. The van der Waals surface area contributed by atoms with Crippen molar-refractivity contribution in [2.45, 2.75) is 0 Å². The number of pyridine rings is 1. The minimum atomic E-state index is -0.403. The van der Waals surface area contributed by atoms with E-state index in [1.54, 1.807) is 18.2 Å². The number of aromatic nitrogens is 1. The van der Waals surface area contributed by atoms with Crippen LogP contribution in [0.5, 0.6) is 0 Å². The zero-order valence-electron chi connectivity index (χ0n) is 12.5. The highest BCUT2D eigenvalue weighted by atomic mass is 79.9. The van der Waals surface area contributed by atoms with E-state index < -0.39 is 5.82 Å². The highest BCUT2D eigenvalue weighted by Gasteiger charge is 2.07. The number of nitrogens with one attached hydrogen (secondary N) is 2. The summed E-state index contributed by atoms with van der Waals surface area (Å²) in [6.45, 7) is 0. The highest BCUT2D eigenvalue weighted by Crippen LogP contribution is 2.19. The fraction of sp³-hybridized carbons (Fsp3) is 0. The topological polar surface area (TPSA) is 54.0 Å². The van der Waals surface area contributed by atoms with E-state index in [1.165, 1.54) is 24.4 Å². The number of hydrogen-bond donors (Lipinski definition) is 2. The Kier molecular flexibility index (Phi) is 4.86. The van der Waals surface area contributed by atoms with E-state index in [2.05, 4.69) is 31.5 Å². The molecule has 1 heterocycles. The third-order valence-electron chi connectivity index (χ3n) is 3.21. The molecule has 120 valence electrons. The average Bonchev–Trinajstić information content (AvgIpc) is 2.55. The van der Waals surface area contributed by atoms with Crippen molar-refractivity contribution in [2.75, 3.05) is 10.6 Å². The third-order valence-corrected chi connectivity index (χ3v) is 3.70. The lowest BCUT2D eigenvalue weighted by Gasteiger charge is -2.08. The summed E-state index contributed by atoms with van der Waals surface area (Å²) in [4.78, 5) is 16.4. The summed E-state index contributed by atoms with van der Waals surface area (Å²) in [5.74, 6) is -0.128. The molecule has 0 aliphatic heterocycles. The Morgan fingerprint density at radius 3 is 2.50 bits per heavy atom. The second-order valence-corrected chi connectivity index (χ2v) is 5.95. The van der Waals surface area contributed by atoms with Crippen LogP contribution >= 0.6 is 15.9 Å². The second-order valence-electron chi connectivity index (χ2n) is 5.03. The number of amides is 1. The van der Waals surface area contributed by atoms with Gasteiger partial charge in [-0.2, -0.15) is 0 Å². The molecule has 0 saturated carbocycles. The van der Waals surface area contributed by atoms with E-state index in [-0.39, 0.29) is 5.91 Å². The molecule has 0 unspecified atom stereocenters. The van der Waals surface area contributed by atoms with Crippen LogP contribution in [0.4, 0.5) is 21.6 Å². The molecule has 3 rings (SSSR count). The van der Waals surface area contributed by atoms with Gasteiger partial charge in [0.25, 0.3) is 5.91 Å². The molecule has 1 aromatic heterocycles. The number of anilines is 3. The van der Waals surface area contributed by atoms with E-state index in [0.717, 1.165) is 10.2 Å². The van der Waals surface area contributed by atoms with Crippen LogP contribution in [0.15, 0.2) is 71.3 Å². The molecule has 24 heavy (non-hydrogen) atoms. The summed E-state index contributed by atoms with van der Waals surface area (Å²) in [5, 5.41) is 5.78. The summed E-state index contributed by atoms with van der Waals surface area (Å²) in [5.41, 5.74) is 1.67. The lowest BCUT2D eigenvalue weighted by Crippen LogP contribution is -2.12. The minimum absolute atomic E-state index is 0.345. The number of rotatable bonds is 4. The molecule has 0 bridgehead atoms. The van der Waals surface area contributed by atoms with Crippen LogP contribution in [0, 0.1) is 5.82 Å². The largest absolute Gasteiger partial charge is 0.340 e. The van der Waals surface area contributed by atoms with Crippen LogP contribution in [-0.4, -0.2) is 10.9 Å². The van der Waals surface area contributed by atoms with E-state index in [0.29, 0.717) is 17.1 Å². The predicted molar refractivity (Wildman–Crippen MR) is 96.0 cm³/mol. The van der Waals surface area contributed by atoms with Crippen molar-refractivity contribution in [1.82, 2.24) is 4.98 Å². The molecule has 0 radical (unpaired) electrons. The third kappa shape index (κ3) is 4.17. The van der Waals surface area contributed by atoms with Crippen molar-refractivity contribution in [2.24, 2.45) is 0 Å². The van der Waals surface area contributed by atoms with E-state index in [9.17, 15) is 9.18 Å². The van der Waals surface area contributed by atoms with E-state index in [4.69, 9.17) is 0 Å². The molecule has 3 aromatic rings. The van der Waals surface area contributed by atoms with Crippen molar-refractivity contribution in [1.29, 1.82) is 0 Å². The van der Waals surface area contributed by atoms with Gasteiger partial charge < -0.3 is 10.6 Å². The van der Waals surface area contributed by atoms with Gasteiger partial charge in [-0.15, -0.1) is 0 Å². The maximum absolute atomic E-state index is 13.1.